The molecule has 2 aliphatic rings. The van der Waals surface area contributed by atoms with Gasteiger partial charge in [0.2, 0.25) is 23.0 Å². The van der Waals surface area contributed by atoms with Crippen LogP contribution in [0.5, 0.6) is 17.2 Å². The maximum absolute atomic E-state index is 13.5. The van der Waals surface area contributed by atoms with Crippen LogP contribution in [0.25, 0.3) is 11.1 Å². The first kappa shape index (κ1) is 25.3. The van der Waals surface area contributed by atoms with Gasteiger partial charge < -0.3 is 30.2 Å². The molecule has 3 N–H and O–H groups in total. The standard InChI is InChI=1S/C27H33N3O6/c1-15(31)29-20-7-5-17-13-23(34-2)25(35-3)26(36-4)24(17)18-6-8-21(22(32)14-19(18)20)30-11-9-16(10-12-30)27(28)33/h6,8,13-14,16,20H,5,7,9-12H2,1-4H3,(H2,28,33)(H,29,31)/t20-/m1/s1. The Morgan fingerprint density at radius 1 is 1.00 bits per heavy atom. The molecule has 0 unspecified atom stereocenters. The zero-order valence-electron chi connectivity index (χ0n) is 21.2. The molecule has 36 heavy (non-hydrogen) atoms. The molecule has 9 heteroatoms. The second kappa shape index (κ2) is 10.5. The van der Waals surface area contributed by atoms with Crippen LogP contribution in [0.2, 0.25) is 0 Å². The number of rotatable bonds is 6. The number of fused-ring (bicyclic) bond motifs is 3. The summed E-state index contributed by atoms with van der Waals surface area (Å²) in [7, 11) is 4.70. The Hall–Kier alpha value is -3.75. The van der Waals surface area contributed by atoms with Crippen molar-refractivity contribution >= 4 is 17.5 Å². The Morgan fingerprint density at radius 2 is 1.69 bits per heavy atom. The minimum atomic E-state index is -0.361. The number of aryl methyl sites for hydroxylation is 1. The van der Waals surface area contributed by atoms with Gasteiger partial charge in [-0.05, 0) is 60.6 Å². The number of hydrogen-bond acceptors (Lipinski definition) is 7. The molecule has 1 heterocycles. The minimum Gasteiger partial charge on any atom is -0.493 e. The van der Waals surface area contributed by atoms with E-state index in [-0.39, 0.29) is 29.2 Å². The molecule has 1 aliphatic heterocycles. The van der Waals surface area contributed by atoms with Crippen LogP contribution in [-0.2, 0) is 16.0 Å². The summed E-state index contributed by atoms with van der Waals surface area (Å²) in [6.45, 7) is 2.61. The Bertz CT molecular complexity index is 1240. The third kappa shape index (κ3) is 4.69. The molecule has 0 radical (unpaired) electrons. The second-order valence-corrected chi connectivity index (χ2v) is 9.23. The molecule has 0 saturated carbocycles. The largest absolute Gasteiger partial charge is 0.493 e. The smallest absolute Gasteiger partial charge is 0.220 e. The summed E-state index contributed by atoms with van der Waals surface area (Å²) in [4.78, 5) is 39.2. The average Bonchev–Trinajstić information content (AvgIpc) is 3.11. The average molecular weight is 496 g/mol. The van der Waals surface area contributed by atoms with E-state index in [2.05, 4.69) is 5.32 Å². The van der Waals surface area contributed by atoms with Crippen molar-refractivity contribution in [2.24, 2.45) is 11.7 Å². The lowest BCUT2D eigenvalue weighted by molar-refractivity contribution is -0.122. The van der Waals surface area contributed by atoms with Gasteiger partial charge in [-0.3, -0.25) is 14.4 Å². The predicted molar refractivity (Wildman–Crippen MR) is 137 cm³/mol. The zero-order chi connectivity index (χ0) is 26.0. The fourth-order valence-electron chi connectivity index (χ4n) is 5.37. The van der Waals surface area contributed by atoms with Crippen molar-refractivity contribution in [1.82, 2.24) is 5.32 Å². The topological polar surface area (TPSA) is 120 Å². The van der Waals surface area contributed by atoms with Crippen LogP contribution >= 0.6 is 0 Å². The van der Waals surface area contributed by atoms with Crippen molar-refractivity contribution in [1.29, 1.82) is 0 Å². The fraction of sp³-hybridized carbons (Fsp3) is 0.444. The number of primary amides is 1. The van der Waals surface area contributed by atoms with E-state index in [0.29, 0.717) is 61.7 Å². The van der Waals surface area contributed by atoms with E-state index in [1.807, 2.05) is 23.1 Å². The van der Waals surface area contributed by atoms with Gasteiger partial charge in [-0.25, -0.2) is 0 Å². The monoisotopic (exact) mass is 495 g/mol. The first-order valence-corrected chi connectivity index (χ1v) is 12.1. The summed E-state index contributed by atoms with van der Waals surface area (Å²) < 4.78 is 17.0. The molecule has 2 amide bonds. The summed E-state index contributed by atoms with van der Waals surface area (Å²) in [5, 5.41) is 3.02. The lowest BCUT2D eigenvalue weighted by Gasteiger charge is -2.31. The van der Waals surface area contributed by atoms with Gasteiger partial charge in [0.15, 0.2) is 11.5 Å². The third-order valence-corrected chi connectivity index (χ3v) is 7.13. The van der Waals surface area contributed by atoms with Gasteiger partial charge in [-0.1, -0.05) is 6.07 Å². The fourth-order valence-corrected chi connectivity index (χ4v) is 5.37. The zero-order valence-corrected chi connectivity index (χ0v) is 21.2. The second-order valence-electron chi connectivity index (χ2n) is 9.23. The number of hydrogen-bond donors (Lipinski definition) is 2. The summed E-state index contributed by atoms with van der Waals surface area (Å²) >= 11 is 0. The Morgan fingerprint density at radius 3 is 2.28 bits per heavy atom. The number of amides is 2. The lowest BCUT2D eigenvalue weighted by Crippen LogP contribution is -2.40. The number of benzene rings is 1. The number of piperidine rings is 1. The molecule has 0 bridgehead atoms. The Kier molecular flexibility index (Phi) is 7.37. The molecule has 0 aromatic heterocycles. The van der Waals surface area contributed by atoms with E-state index in [1.165, 1.54) is 6.92 Å². The summed E-state index contributed by atoms with van der Waals surface area (Å²) in [5.41, 5.74) is 9.18. The molecule has 2 aromatic carbocycles. The van der Waals surface area contributed by atoms with Crippen LogP contribution in [0.3, 0.4) is 0 Å². The first-order chi connectivity index (χ1) is 17.3. The quantitative estimate of drug-likeness (QED) is 0.632. The van der Waals surface area contributed by atoms with Crippen molar-refractivity contribution in [2.45, 2.75) is 38.6 Å². The number of carbonyl (C=O) groups excluding carboxylic acids is 2. The van der Waals surface area contributed by atoms with E-state index in [1.54, 1.807) is 27.4 Å². The molecule has 192 valence electrons. The highest BCUT2D eigenvalue weighted by Crippen LogP contribution is 2.50. The van der Waals surface area contributed by atoms with E-state index < -0.39 is 0 Å². The van der Waals surface area contributed by atoms with Crippen LogP contribution in [0.4, 0.5) is 5.69 Å². The first-order valence-electron chi connectivity index (χ1n) is 12.1. The number of nitrogens with two attached hydrogens (primary N) is 1. The lowest BCUT2D eigenvalue weighted by atomic mass is 9.95. The number of anilines is 1. The summed E-state index contributed by atoms with van der Waals surface area (Å²) in [5.74, 6) is 0.883. The normalized spacial score (nSPS) is 17.3. The number of nitrogens with one attached hydrogen (secondary N) is 1. The predicted octanol–water partition coefficient (Wildman–Crippen LogP) is 2.56. The van der Waals surface area contributed by atoms with Gasteiger partial charge >= 0.3 is 0 Å². The number of carbonyl (C=O) groups is 2. The highest BCUT2D eigenvalue weighted by molar-refractivity contribution is 5.84. The van der Waals surface area contributed by atoms with E-state index >= 15 is 0 Å². The summed E-state index contributed by atoms with van der Waals surface area (Å²) in [6, 6.07) is 6.93. The van der Waals surface area contributed by atoms with Crippen LogP contribution in [-0.4, -0.2) is 46.2 Å². The van der Waals surface area contributed by atoms with Crippen molar-refractivity contribution in [2.75, 3.05) is 39.3 Å². The molecule has 1 aliphatic carbocycles. The highest BCUT2D eigenvalue weighted by Gasteiger charge is 2.30. The maximum Gasteiger partial charge on any atom is 0.220 e. The van der Waals surface area contributed by atoms with Crippen molar-refractivity contribution in [3.63, 3.8) is 0 Å². The summed E-state index contributed by atoms with van der Waals surface area (Å²) in [6.07, 6.45) is 2.45. The number of nitrogens with zero attached hydrogens (tertiary/aromatic N) is 1. The molecular formula is C27H33N3O6. The molecule has 1 atom stereocenters. The van der Waals surface area contributed by atoms with Crippen molar-refractivity contribution in [3.8, 4) is 28.4 Å². The van der Waals surface area contributed by atoms with Crippen LogP contribution in [0.1, 0.15) is 43.4 Å². The van der Waals surface area contributed by atoms with Gasteiger partial charge in [0.1, 0.15) is 0 Å². The SMILES string of the molecule is COc1cc2c(c(OC)c1OC)-c1ccc(N3CCC(C(N)=O)CC3)c(=O)cc1[C@H](NC(C)=O)CC2. The van der Waals surface area contributed by atoms with E-state index in [4.69, 9.17) is 19.9 Å². The van der Waals surface area contributed by atoms with Gasteiger partial charge in [-0.2, -0.15) is 0 Å². The van der Waals surface area contributed by atoms with Crippen molar-refractivity contribution in [3.05, 3.63) is 45.6 Å². The number of ether oxygens (including phenoxy) is 3. The van der Waals surface area contributed by atoms with Gasteiger partial charge in [0.25, 0.3) is 0 Å². The van der Waals surface area contributed by atoms with E-state index in [0.717, 1.165) is 22.3 Å². The Balaban J connectivity index is 1.92. The van der Waals surface area contributed by atoms with Crippen molar-refractivity contribution < 1.29 is 23.8 Å². The third-order valence-electron chi connectivity index (χ3n) is 7.13. The molecule has 0 spiro atoms. The van der Waals surface area contributed by atoms with Crippen LogP contribution in [0.15, 0.2) is 29.1 Å². The Labute approximate surface area is 210 Å². The minimum absolute atomic E-state index is 0.146. The highest BCUT2D eigenvalue weighted by atomic mass is 16.5. The molecule has 9 nitrogen and oxygen atoms in total. The van der Waals surface area contributed by atoms with Gasteiger partial charge in [0, 0.05) is 31.5 Å². The van der Waals surface area contributed by atoms with Gasteiger partial charge in [-0.15, -0.1) is 0 Å². The maximum atomic E-state index is 13.5. The molecule has 1 fully saturated rings. The molecule has 2 aromatic rings. The van der Waals surface area contributed by atoms with E-state index in [9.17, 15) is 14.4 Å². The number of methoxy groups -OCH3 is 3. The molecule has 4 rings (SSSR count). The van der Waals surface area contributed by atoms with Gasteiger partial charge in [0.05, 0.1) is 33.1 Å². The molecular weight excluding hydrogens is 462 g/mol. The van der Waals surface area contributed by atoms with Crippen LogP contribution in [0, 0.1) is 5.92 Å². The molecule has 1 saturated heterocycles. The van der Waals surface area contributed by atoms with Crippen LogP contribution < -0.4 is 35.6 Å².